The van der Waals surface area contributed by atoms with E-state index in [0.29, 0.717) is 0 Å². The highest BCUT2D eigenvalue weighted by atomic mass is 19.4. The number of halogens is 3. The molecule has 0 bridgehead atoms. The standard InChI is InChI=1S/C14H17F3N2O2/c15-14(16,17)12-8-19(7-11(12)6-18)13(20)21-9-10-4-2-1-3-5-10/h1-5,11-12H,6-9,18H2. The topological polar surface area (TPSA) is 55.6 Å². The summed E-state index contributed by atoms with van der Waals surface area (Å²) in [5.74, 6) is -2.35. The van der Waals surface area contributed by atoms with E-state index in [2.05, 4.69) is 0 Å². The molecule has 21 heavy (non-hydrogen) atoms. The molecule has 1 amide bonds. The zero-order chi connectivity index (χ0) is 15.5. The summed E-state index contributed by atoms with van der Waals surface area (Å²) in [6, 6.07) is 8.97. The maximum absolute atomic E-state index is 12.9. The Kier molecular flexibility index (Phi) is 4.72. The zero-order valence-electron chi connectivity index (χ0n) is 11.3. The molecule has 0 radical (unpaired) electrons. The Morgan fingerprint density at radius 2 is 1.95 bits per heavy atom. The van der Waals surface area contributed by atoms with Crippen molar-refractivity contribution in [3.05, 3.63) is 35.9 Å². The lowest BCUT2D eigenvalue weighted by Crippen LogP contribution is -2.33. The van der Waals surface area contributed by atoms with E-state index in [1.165, 1.54) is 0 Å². The van der Waals surface area contributed by atoms with Crippen LogP contribution in [0.1, 0.15) is 5.56 Å². The number of ether oxygens (including phenoxy) is 1. The normalized spacial score (nSPS) is 22.4. The van der Waals surface area contributed by atoms with Crippen molar-refractivity contribution >= 4 is 6.09 Å². The molecular weight excluding hydrogens is 285 g/mol. The van der Waals surface area contributed by atoms with Crippen LogP contribution in [0.3, 0.4) is 0 Å². The molecule has 1 aliphatic rings. The van der Waals surface area contributed by atoms with Crippen molar-refractivity contribution in [1.29, 1.82) is 0 Å². The van der Waals surface area contributed by atoms with Gasteiger partial charge in [-0.05, 0) is 12.1 Å². The van der Waals surface area contributed by atoms with Crippen LogP contribution in [0.25, 0.3) is 0 Å². The number of carbonyl (C=O) groups is 1. The largest absolute Gasteiger partial charge is 0.445 e. The third kappa shape index (κ3) is 3.87. The molecule has 1 aliphatic heterocycles. The van der Waals surface area contributed by atoms with Crippen LogP contribution < -0.4 is 5.73 Å². The summed E-state index contributed by atoms with van der Waals surface area (Å²) in [6.07, 6.45) is -5.08. The minimum absolute atomic E-state index is 0.0195. The van der Waals surface area contributed by atoms with Crippen LogP contribution in [0.5, 0.6) is 0 Å². The first-order chi connectivity index (χ1) is 9.91. The van der Waals surface area contributed by atoms with Crippen LogP contribution >= 0.6 is 0 Å². The van der Waals surface area contributed by atoms with Crippen molar-refractivity contribution in [2.45, 2.75) is 12.8 Å². The molecule has 1 saturated heterocycles. The highest BCUT2D eigenvalue weighted by molar-refractivity contribution is 5.68. The number of alkyl halides is 3. The Labute approximate surface area is 120 Å². The van der Waals surface area contributed by atoms with E-state index in [1.54, 1.807) is 24.3 Å². The molecule has 0 spiro atoms. The van der Waals surface area contributed by atoms with E-state index >= 15 is 0 Å². The lowest BCUT2D eigenvalue weighted by atomic mass is 9.96. The van der Waals surface area contributed by atoms with E-state index < -0.39 is 24.1 Å². The van der Waals surface area contributed by atoms with Gasteiger partial charge in [0.1, 0.15) is 6.61 Å². The Bertz CT molecular complexity index is 479. The van der Waals surface area contributed by atoms with E-state index in [9.17, 15) is 18.0 Å². The highest BCUT2D eigenvalue weighted by Crippen LogP contribution is 2.37. The van der Waals surface area contributed by atoms with Crippen LogP contribution in [0.2, 0.25) is 0 Å². The van der Waals surface area contributed by atoms with Crippen molar-refractivity contribution in [3.8, 4) is 0 Å². The van der Waals surface area contributed by atoms with Crippen LogP contribution in [-0.4, -0.2) is 36.8 Å². The molecule has 2 unspecified atom stereocenters. The average molecular weight is 302 g/mol. The van der Waals surface area contributed by atoms with Gasteiger partial charge in [0.05, 0.1) is 5.92 Å². The SMILES string of the molecule is NCC1CN(C(=O)OCc2ccccc2)CC1C(F)(F)F. The molecule has 2 atom stereocenters. The number of hydrogen-bond acceptors (Lipinski definition) is 3. The average Bonchev–Trinajstić information content (AvgIpc) is 2.90. The molecule has 1 fully saturated rings. The summed E-state index contributed by atoms with van der Waals surface area (Å²) in [4.78, 5) is 12.9. The van der Waals surface area contributed by atoms with Gasteiger partial charge in [-0.25, -0.2) is 4.79 Å². The van der Waals surface area contributed by atoms with Gasteiger partial charge in [0.25, 0.3) is 0 Å². The smallest absolute Gasteiger partial charge is 0.410 e. The van der Waals surface area contributed by atoms with Crippen LogP contribution in [0.4, 0.5) is 18.0 Å². The lowest BCUT2D eigenvalue weighted by Gasteiger charge is -2.19. The van der Waals surface area contributed by atoms with Gasteiger partial charge in [0.15, 0.2) is 0 Å². The van der Waals surface area contributed by atoms with E-state index in [1.807, 2.05) is 6.07 Å². The maximum atomic E-state index is 12.9. The van der Waals surface area contributed by atoms with Gasteiger partial charge < -0.3 is 15.4 Å². The fourth-order valence-corrected chi connectivity index (χ4v) is 2.44. The third-order valence-corrected chi connectivity index (χ3v) is 3.63. The van der Waals surface area contributed by atoms with Crippen LogP contribution in [0, 0.1) is 11.8 Å². The maximum Gasteiger partial charge on any atom is 0.410 e. The molecule has 0 saturated carbocycles. The van der Waals surface area contributed by atoms with E-state index in [0.717, 1.165) is 10.5 Å². The molecule has 4 nitrogen and oxygen atoms in total. The van der Waals surface area contributed by atoms with E-state index in [-0.39, 0.29) is 26.2 Å². The summed E-state index contributed by atoms with van der Waals surface area (Å²) in [5, 5.41) is 0. The summed E-state index contributed by atoms with van der Waals surface area (Å²) in [7, 11) is 0. The summed E-state index contributed by atoms with van der Waals surface area (Å²) in [5.41, 5.74) is 6.15. The molecule has 2 N–H and O–H groups in total. The highest BCUT2D eigenvalue weighted by Gasteiger charge is 2.50. The van der Waals surface area contributed by atoms with Gasteiger partial charge in [-0.15, -0.1) is 0 Å². The summed E-state index contributed by atoms with van der Waals surface area (Å²) in [6.45, 7) is -0.472. The lowest BCUT2D eigenvalue weighted by molar-refractivity contribution is -0.179. The first-order valence-corrected chi connectivity index (χ1v) is 6.64. The molecule has 1 aromatic rings. The fraction of sp³-hybridized carbons (Fsp3) is 0.500. The quantitative estimate of drug-likeness (QED) is 0.933. The van der Waals surface area contributed by atoms with Crippen LogP contribution in [-0.2, 0) is 11.3 Å². The number of benzene rings is 1. The van der Waals surface area contributed by atoms with E-state index in [4.69, 9.17) is 10.5 Å². The van der Waals surface area contributed by atoms with Gasteiger partial charge in [0, 0.05) is 19.0 Å². The van der Waals surface area contributed by atoms with Gasteiger partial charge >= 0.3 is 12.3 Å². The predicted molar refractivity (Wildman–Crippen MR) is 70.3 cm³/mol. The van der Waals surface area contributed by atoms with Gasteiger partial charge in [-0.1, -0.05) is 30.3 Å². The molecule has 1 heterocycles. The molecule has 2 rings (SSSR count). The van der Waals surface area contributed by atoms with Gasteiger partial charge in [-0.2, -0.15) is 13.2 Å². The second-order valence-corrected chi connectivity index (χ2v) is 5.09. The Hall–Kier alpha value is -1.76. The third-order valence-electron chi connectivity index (χ3n) is 3.63. The summed E-state index contributed by atoms with van der Waals surface area (Å²) < 4.78 is 43.6. The van der Waals surface area contributed by atoms with Gasteiger partial charge in [0.2, 0.25) is 0 Å². The molecule has 0 aliphatic carbocycles. The number of hydrogen-bond donors (Lipinski definition) is 1. The minimum atomic E-state index is -4.35. The second kappa shape index (κ2) is 6.34. The molecule has 7 heteroatoms. The predicted octanol–water partition coefficient (Wildman–Crippen LogP) is 2.39. The van der Waals surface area contributed by atoms with Crippen molar-refractivity contribution in [3.63, 3.8) is 0 Å². The second-order valence-electron chi connectivity index (χ2n) is 5.09. The van der Waals surface area contributed by atoms with Crippen molar-refractivity contribution < 1.29 is 22.7 Å². The first-order valence-electron chi connectivity index (χ1n) is 6.64. The van der Waals surface area contributed by atoms with Gasteiger partial charge in [-0.3, -0.25) is 0 Å². The number of amides is 1. The fourth-order valence-electron chi connectivity index (χ4n) is 2.44. The van der Waals surface area contributed by atoms with Crippen LogP contribution in [0.15, 0.2) is 30.3 Å². The number of rotatable bonds is 3. The van der Waals surface area contributed by atoms with Crippen molar-refractivity contribution in [1.82, 2.24) is 4.90 Å². The molecule has 1 aromatic carbocycles. The summed E-state index contributed by atoms with van der Waals surface area (Å²) >= 11 is 0. The van der Waals surface area contributed by atoms with Crippen molar-refractivity contribution in [2.24, 2.45) is 17.6 Å². The Morgan fingerprint density at radius 1 is 1.29 bits per heavy atom. The number of carbonyl (C=O) groups excluding carboxylic acids is 1. The minimum Gasteiger partial charge on any atom is -0.445 e. The zero-order valence-corrected chi connectivity index (χ0v) is 11.3. The molecule has 116 valence electrons. The Balaban J connectivity index is 1.92. The molecular formula is C14H17F3N2O2. The molecule has 0 aromatic heterocycles. The first kappa shape index (κ1) is 15.6. The Morgan fingerprint density at radius 3 is 2.48 bits per heavy atom. The van der Waals surface area contributed by atoms with Crippen molar-refractivity contribution in [2.75, 3.05) is 19.6 Å². The monoisotopic (exact) mass is 302 g/mol. The number of nitrogens with zero attached hydrogens (tertiary/aromatic N) is 1. The number of likely N-dealkylation sites (tertiary alicyclic amines) is 1. The number of nitrogens with two attached hydrogens (primary N) is 1.